The van der Waals surface area contributed by atoms with Crippen molar-refractivity contribution < 1.29 is 0 Å². The Morgan fingerprint density at radius 2 is 1.06 bits per heavy atom. The van der Waals surface area contributed by atoms with E-state index in [-0.39, 0.29) is 0 Å². The van der Waals surface area contributed by atoms with E-state index in [0.717, 1.165) is 38.8 Å². The maximum atomic E-state index is 5.18. The fourth-order valence-corrected chi connectivity index (χ4v) is 8.50. The molecule has 0 N–H and O–H groups in total. The molecule has 0 bridgehead atoms. The molecule has 2 heterocycles. The van der Waals surface area contributed by atoms with Crippen LogP contribution in [0.4, 0.5) is 17.1 Å². The molecule has 2 aromatic heterocycles. The number of fused-ring (bicyclic) bond motifs is 5. The van der Waals surface area contributed by atoms with E-state index >= 15 is 0 Å². The van der Waals surface area contributed by atoms with E-state index in [9.17, 15) is 0 Å². The maximum Gasteiger partial charge on any atom is 0.127 e. The Bertz CT molecular complexity index is 2780. The molecule has 0 atom stereocenters. The van der Waals surface area contributed by atoms with Crippen molar-refractivity contribution in [2.45, 2.75) is 0 Å². The van der Waals surface area contributed by atoms with Gasteiger partial charge in [-0.25, -0.2) is 4.98 Å². The van der Waals surface area contributed by atoms with Gasteiger partial charge in [-0.15, -0.1) is 11.3 Å². The third-order valence-corrected chi connectivity index (χ3v) is 10.9. The Labute approximate surface area is 299 Å². The highest BCUT2D eigenvalue weighted by molar-refractivity contribution is 7.21. The standard InChI is InChI=1S/C47H31N3S/c1-3-14-35(15-4-1)49(36-16-5-2-6-17-36)37-27-23-32(24-28-37)34-26-29-43-40(31-34)39-19-9-11-21-42(39)50(43)44-30-25-33-13-7-8-18-38(33)46(44)47-48-41-20-10-12-22-45(41)51-47/h1-31H. The van der Waals surface area contributed by atoms with Gasteiger partial charge in [0, 0.05) is 33.4 Å². The normalized spacial score (nSPS) is 11.5. The van der Waals surface area contributed by atoms with Crippen molar-refractivity contribution >= 4 is 71.2 Å². The average Bonchev–Trinajstić information content (AvgIpc) is 3.78. The van der Waals surface area contributed by atoms with Gasteiger partial charge in [0.05, 0.1) is 26.9 Å². The Balaban J connectivity index is 1.13. The zero-order valence-corrected chi connectivity index (χ0v) is 28.5. The van der Waals surface area contributed by atoms with Gasteiger partial charge < -0.3 is 9.47 Å². The zero-order valence-electron chi connectivity index (χ0n) is 27.6. The molecule has 0 fully saturated rings. The molecule has 0 radical (unpaired) electrons. The molecule has 8 aromatic carbocycles. The Kier molecular flexibility index (Phi) is 7.00. The van der Waals surface area contributed by atoms with Gasteiger partial charge in [-0.1, -0.05) is 115 Å². The van der Waals surface area contributed by atoms with Crippen molar-refractivity contribution in [2.75, 3.05) is 4.90 Å². The maximum absolute atomic E-state index is 5.18. The lowest BCUT2D eigenvalue weighted by Gasteiger charge is -2.25. The molecule has 51 heavy (non-hydrogen) atoms. The molecule has 3 nitrogen and oxygen atoms in total. The van der Waals surface area contributed by atoms with Crippen LogP contribution < -0.4 is 4.90 Å². The summed E-state index contributed by atoms with van der Waals surface area (Å²) in [6, 6.07) is 67.3. The van der Waals surface area contributed by atoms with Crippen LogP contribution in [0, 0.1) is 0 Å². The fraction of sp³-hybridized carbons (Fsp3) is 0. The second-order valence-electron chi connectivity index (χ2n) is 12.8. The molecule has 0 spiro atoms. The highest BCUT2D eigenvalue weighted by Crippen LogP contribution is 2.43. The largest absolute Gasteiger partial charge is 0.311 e. The second-order valence-corrected chi connectivity index (χ2v) is 13.8. The average molecular weight is 670 g/mol. The number of hydrogen-bond acceptors (Lipinski definition) is 3. The van der Waals surface area contributed by atoms with Crippen LogP contribution in [0.2, 0.25) is 0 Å². The van der Waals surface area contributed by atoms with E-state index in [1.165, 1.54) is 48.4 Å². The van der Waals surface area contributed by atoms with Gasteiger partial charge in [0.1, 0.15) is 5.01 Å². The molecular formula is C47H31N3S. The van der Waals surface area contributed by atoms with Crippen LogP contribution in [0.25, 0.3) is 70.2 Å². The zero-order chi connectivity index (χ0) is 33.7. The number of aromatic nitrogens is 2. The molecule has 10 aromatic rings. The van der Waals surface area contributed by atoms with E-state index in [0.29, 0.717) is 0 Å². The van der Waals surface area contributed by atoms with Crippen LogP contribution >= 0.6 is 11.3 Å². The van der Waals surface area contributed by atoms with E-state index in [1.54, 1.807) is 11.3 Å². The number of anilines is 3. The van der Waals surface area contributed by atoms with Gasteiger partial charge >= 0.3 is 0 Å². The number of nitrogens with zero attached hydrogens (tertiary/aromatic N) is 3. The molecule has 0 aliphatic carbocycles. The second kappa shape index (κ2) is 12.1. The predicted molar refractivity (Wildman–Crippen MR) is 217 cm³/mol. The topological polar surface area (TPSA) is 21.1 Å². The van der Waals surface area contributed by atoms with E-state index in [1.807, 2.05) is 0 Å². The summed E-state index contributed by atoms with van der Waals surface area (Å²) >= 11 is 1.76. The van der Waals surface area contributed by atoms with Crippen LogP contribution in [0.15, 0.2) is 188 Å². The van der Waals surface area contributed by atoms with Crippen LogP contribution in [0.3, 0.4) is 0 Å². The number of thiazole rings is 1. The monoisotopic (exact) mass is 669 g/mol. The third kappa shape index (κ3) is 5.00. The smallest absolute Gasteiger partial charge is 0.127 e. The first kappa shape index (κ1) is 29.4. The molecule has 0 aliphatic heterocycles. The van der Waals surface area contributed by atoms with Gasteiger partial charge in [0.25, 0.3) is 0 Å². The minimum atomic E-state index is 1.03. The first-order valence-electron chi connectivity index (χ1n) is 17.2. The summed E-state index contributed by atoms with van der Waals surface area (Å²) in [5.41, 5.74) is 11.4. The number of benzene rings is 8. The molecule has 4 heteroatoms. The van der Waals surface area contributed by atoms with Gasteiger partial charge in [0.2, 0.25) is 0 Å². The van der Waals surface area contributed by atoms with E-state index in [2.05, 4.69) is 198 Å². The van der Waals surface area contributed by atoms with Crippen molar-refractivity contribution in [2.24, 2.45) is 0 Å². The van der Waals surface area contributed by atoms with Crippen LogP contribution in [0.1, 0.15) is 0 Å². The molecule has 0 amide bonds. The first-order valence-corrected chi connectivity index (χ1v) is 18.0. The van der Waals surface area contributed by atoms with E-state index in [4.69, 9.17) is 4.98 Å². The van der Waals surface area contributed by atoms with Crippen molar-refractivity contribution in [1.29, 1.82) is 0 Å². The quantitative estimate of drug-likeness (QED) is 0.176. The Morgan fingerprint density at radius 1 is 0.451 bits per heavy atom. The lowest BCUT2D eigenvalue weighted by Crippen LogP contribution is -2.09. The summed E-state index contributed by atoms with van der Waals surface area (Å²) in [5.74, 6) is 0. The highest BCUT2D eigenvalue weighted by atomic mass is 32.1. The molecule has 0 saturated heterocycles. The summed E-state index contributed by atoms with van der Waals surface area (Å²) in [4.78, 5) is 7.48. The first-order chi connectivity index (χ1) is 25.3. The summed E-state index contributed by atoms with van der Waals surface area (Å²) in [7, 11) is 0. The fourth-order valence-electron chi connectivity index (χ4n) is 7.47. The minimum absolute atomic E-state index is 1.03. The van der Waals surface area contributed by atoms with Gasteiger partial charge in [-0.2, -0.15) is 0 Å². The molecular weight excluding hydrogens is 639 g/mol. The number of rotatable bonds is 6. The van der Waals surface area contributed by atoms with Crippen LogP contribution in [-0.2, 0) is 0 Å². The molecule has 0 unspecified atom stereocenters. The molecule has 10 rings (SSSR count). The number of para-hydroxylation sites is 4. The molecule has 0 aliphatic rings. The Morgan fingerprint density at radius 3 is 1.82 bits per heavy atom. The SMILES string of the molecule is c1ccc(N(c2ccccc2)c2ccc(-c3ccc4c(c3)c3ccccc3n4-c3ccc4ccccc4c3-c3nc4ccccc4s3)cc2)cc1. The summed E-state index contributed by atoms with van der Waals surface area (Å²) in [6.07, 6.45) is 0. The number of hydrogen-bond donors (Lipinski definition) is 0. The molecule has 240 valence electrons. The minimum Gasteiger partial charge on any atom is -0.311 e. The lowest BCUT2D eigenvalue weighted by molar-refractivity contribution is 1.19. The van der Waals surface area contributed by atoms with Crippen LogP contribution in [0.5, 0.6) is 0 Å². The third-order valence-electron chi connectivity index (χ3n) is 9.82. The van der Waals surface area contributed by atoms with Gasteiger partial charge in [0.15, 0.2) is 0 Å². The summed E-state index contributed by atoms with van der Waals surface area (Å²) < 4.78 is 3.63. The Hall–Kier alpha value is -6.49. The predicted octanol–water partition coefficient (Wildman–Crippen LogP) is 13.4. The van der Waals surface area contributed by atoms with E-state index < -0.39 is 0 Å². The van der Waals surface area contributed by atoms with Crippen LogP contribution in [-0.4, -0.2) is 9.55 Å². The van der Waals surface area contributed by atoms with Crippen molar-refractivity contribution in [3.63, 3.8) is 0 Å². The summed E-state index contributed by atoms with van der Waals surface area (Å²) in [5, 5.41) is 5.90. The molecule has 0 saturated carbocycles. The van der Waals surface area contributed by atoms with Gasteiger partial charge in [-0.05, 0) is 94.7 Å². The summed E-state index contributed by atoms with van der Waals surface area (Å²) in [6.45, 7) is 0. The van der Waals surface area contributed by atoms with Gasteiger partial charge in [-0.3, -0.25) is 0 Å². The lowest BCUT2D eigenvalue weighted by atomic mass is 10.0. The van der Waals surface area contributed by atoms with Crippen molar-refractivity contribution in [3.8, 4) is 27.4 Å². The highest BCUT2D eigenvalue weighted by Gasteiger charge is 2.20. The van der Waals surface area contributed by atoms with Crippen molar-refractivity contribution in [3.05, 3.63) is 188 Å². The van der Waals surface area contributed by atoms with Crippen molar-refractivity contribution in [1.82, 2.24) is 9.55 Å².